The van der Waals surface area contributed by atoms with Crippen LogP contribution in [-0.2, 0) is 10.0 Å². The molecule has 8 heteroatoms. The third kappa shape index (κ3) is 2.75. The van der Waals surface area contributed by atoms with Crippen molar-refractivity contribution in [3.8, 4) is 0 Å². The standard InChI is InChI=1S/C15H15N3O3S2/c1-9-4-5-10(2)12(8-9)23(20,21)17-14(19)13-11(3)18-7-6-16-15(18)22-13/h4-8H,1-3H3,(H,17,19). The molecule has 120 valence electrons. The number of fused-ring (bicyclic) bond motifs is 1. The first-order valence-corrected chi connectivity index (χ1v) is 9.16. The van der Waals surface area contributed by atoms with Crippen molar-refractivity contribution in [2.45, 2.75) is 25.7 Å². The van der Waals surface area contributed by atoms with Gasteiger partial charge in [0, 0.05) is 18.1 Å². The van der Waals surface area contributed by atoms with E-state index < -0.39 is 15.9 Å². The summed E-state index contributed by atoms with van der Waals surface area (Å²) in [5.41, 5.74) is 2.07. The number of imidazole rings is 1. The Morgan fingerprint density at radius 3 is 2.70 bits per heavy atom. The number of hydrogen-bond acceptors (Lipinski definition) is 5. The van der Waals surface area contributed by atoms with Crippen molar-refractivity contribution in [3.05, 3.63) is 52.3 Å². The average molecular weight is 349 g/mol. The normalized spacial score (nSPS) is 11.8. The Balaban J connectivity index is 1.96. The second-order valence-electron chi connectivity index (χ2n) is 5.30. The van der Waals surface area contributed by atoms with Crippen molar-refractivity contribution in [1.82, 2.24) is 14.1 Å². The number of sulfonamides is 1. The number of benzene rings is 1. The summed E-state index contributed by atoms with van der Waals surface area (Å²) in [4.78, 5) is 17.6. The third-order valence-electron chi connectivity index (χ3n) is 3.56. The van der Waals surface area contributed by atoms with Crippen LogP contribution in [0.15, 0.2) is 35.5 Å². The van der Waals surface area contributed by atoms with Gasteiger partial charge >= 0.3 is 0 Å². The minimum Gasteiger partial charge on any atom is -0.294 e. The second kappa shape index (κ2) is 5.47. The average Bonchev–Trinajstić information content (AvgIpc) is 3.04. The summed E-state index contributed by atoms with van der Waals surface area (Å²) in [5.74, 6) is -0.640. The smallest absolute Gasteiger partial charge is 0.277 e. The number of thiazole rings is 1. The molecule has 0 saturated heterocycles. The van der Waals surface area contributed by atoms with Gasteiger partial charge in [0.05, 0.1) is 4.90 Å². The largest absolute Gasteiger partial charge is 0.294 e. The van der Waals surface area contributed by atoms with Crippen molar-refractivity contribution >= 4 is 32.2 Å². The van der Waals surface area contributed by atoms with Crippen LogP contribution in [0, 0.1) is 20.8 Å². The van der Waals surface area contributed by atoms with E-state index in [1.54, 1.807) is 49.7 Å². The molecule has 0 aliphatic heterocycles. The van der Waals surface area contributed by atoms with Gasteiger partial charge in [-0.3, -0.25) is 9.20 Å². The summed E-state index contributed by atoms with van der Waals surface area (Å²) in [7, 11) is -3.92. The van der Waals surface area contributed by atoms with Crippen LogP contribution in [0.3, 0.4) is 0 Å². The monoisotopic (exact) mass is 349 g/mol. The fraction of sp³-hybridized carbons (Fsp3) is 0.200. The van der Waals surface area contributed by atoms with Crippen molar-refractivity contribution in [3.63, 3.8) is 0 Å². The van der Waals surface area contributed by atoms with Crippen molar-refractivity contribution in [1.29, 1.82) is 0 Å². The molecule has 2 aromatic heterocycles. The first-order valence-electron chi connectivity index (χ1n) is 6.86. The minimum atomic E-state index is -3.92. The zero-order valence-electron chi connectivity index (χ0n) is 12.8. The number of hydrogen-bond donors (Lipinski definition) is 1. The van der Waals surface area contributed by atoms with Crippen LogP contribution in [0.25, 0.3) is 4.96 Å². The molecule has 0 spiro atoms. The SMILES string of the molecule is Cc1ccc(C)c(S(=O)(=O)NC(=O)c2sc3nccn3c2C)c1. The molecule has 3 aromatic rings. The first-order chi connectivity index (χ1) is 10.8. The van der Waals surface area contributed by atoms with Crippen LogP contribution in [0.1, 0.15) is 26.5 Å². The number of aromatic nitrogens is 2. The fourth-order valence-corrected chi connectivity index (χ4v) is 4.66. The van der Waals surface area contributed by atoms with E-state index in [1.807, 2.05) is 6.07 Å². The lowest BCUT2D eigenvalue weighted by Crippen LogP contribution is -2.31. The number of carbonyl (C=O) groups is 1. The molecule has 0 atom stereocenters. The molecule has 6 nitrogen and oxygen atoms in total. The van der Waals surface area contributed by atoms with Crippen LogP contribution >= 0.6 is 11.3 Å². The highest BCUT2D eigenvalue weighted by atomic mass is 32.2. The molecule has 2 heterocycles. The topological polar surface area (TPSA) is 80.5 Å². The Morgan fingerprint density at radius 1 is 1.26 bits per heavy atom. The van der Waals surface area contributed by atoms with Crippen LogP contribution in [0.4, 0.5) is 0 Å². The number of nitrogens with one attached hydrogen (secondary N) is 1. The highest BCUT2D eigenvalue weighted by Gasteiger charge is 2.24. The highest BCUT2D eigenvalue weighted by Crippen LogP contribution is 2.23. The van der Waals surface area contributed by atoms with Crippen LogP contribution in [0.5, 0.6) is 0 Å². The molecule has 1 amide bonds. The van der Waals surface area contributed by atoms with E-state index in [9.17, 15) is 13.2 Å². The predicted octanol–water partition coefficient (Wildman–Crippen LogP) is 2.44. The number of amides is 1. The molecule has 0 radical (unpaired) electrons. The Labute approximate surface area is 137 Å². The van der Waals surface area contributed by atoms with Crippen LogP contribution in [-0.4, -0.2) is 23.7 Å². The maximum atomic E-state index is 12.5. The predicted molar refractivity (Wildman–Crippen MR) is 88.4 cm³/mol. The molecule has 3 rings (SSSR count). The van der Waals surface area contributed by atoms with Gasteiger partial charge in [-0.25, -0.2) is 18.1 Å². The minimum absolute atomic E-state index is 0.116. The molecule has 0 bridgehead atoms. The lowest BCUT2D eigenvalue weighted by atomic mass is 10.2. The van der Waals surface area contributed by atoms with Crippen LogP contribution in [0.2, 0.25) is 0 Å². The van der Waals surface area contributed by atoms with Gasteiger partial charge < -0.3 is 0 Å². The Kier molecular flexibility index (Phi) is 3.73. The van der Waals surface area contributed by atoms with Gasteiger partial charge in [0.1, 0.15) is 4.88 Å². The molecule has 23 heavy (non-hydrogen) atoms. The van der Waals surface area contributed by atoms with Gasteiger partial charge in [-0.1, -0.05) is 23.5 Å². The van der Waals surface area contributed by atoms with Crippen molar-refractivity contribution in [2.24, 2.45) is 0 Å². The zero-order chi connectivity index (χ0) is 16.8. The summed E-state index contributed by atoms with van der Waals surface area (Å²) < 4.78 is 28.9. The first kappa shape index (κ1) is 15.7. The Hall–Kier alpha value is -2.19. The molecule has 0 unspecified atom stereocenters. The van der Waals surface area contributed by atoms with E-state index in [2.05, 4.69) is 9.71 Å². The van der Waals surface area contributed by atoms with Gasteiger partial charge in [0.25, 0.3) is 15.9 Å². The van der Waals surface area contributed by atoms with Gasteiger partial charge in [0.15, 0.2) is 4.96 Å². The Bertz CT molecular complexity index is 1020. The summed E-state index contributed by atoms with van der Waals surface area (Å²) >= 11 is 1.16. The van der Waals surface area contributed by atoms with E-state index in [-0.39, 0.29) is 4.90 Å². The second-order valence-corrected chi connectivity index (χ2v) is 7.93. The highest BCUT2D eigenvalue weighted by molar-refractivity contribution is 7.90. The lowest BCUT2D eigenvalue weighted by molar-refractivity contribution is 0.0984. The molecule has 1 N–H and O–H groups in total. The van der Waals surface area contributed by atoms with E-state index in [0.717, 1.165) is 16.9 Å². The lowest BCUT2D eigenvalue weighted by Gasteiger charge is -2.09. The zero-order valence-corrected chi connectivity index (χ0v) is 14.5. The maximum Gasteiger partial charge on any atom is 0.277 e. The molecular formula is C15H15N3O3S2. The van der Waals surface area contributed by atoms with Crippen LogP contribution < -0.4 is 4.72 Å². The molecule has 0 aliphatic carbocycles. The summed E-state index contributed by atoms with van der Waals surface area (Å²) in [5, 5.41) is 0. The van der Waals surface area contributed by atoms with Crippen molar-refractivity contribution < 1.29 is 13.2 Å². The number of carbonyl (C=O) groups excluding carboxylic acids is 1. The van der Waals surface area contributed by atoms with E-state index >= 15 is 0 Å². The summed E-state index contributed by atoms with van der Waals surface area (Å²) in [6.07, 6.45) is 3.37. The maximum absolute atomic E-state index is 12.5. The van der Waals surface area contributed by atoms with E-state index in [0.29, 0.717) is 21.1 Å². The van der Waals surface area contributed by atoms with Gasteiger partial charge in [-0.2, -0.15) is 0 Å². The quantitative estimate of drug-likeness (QED) is 0.787. The molecular weight excluding hydrogens is 334 g/mol. The molecule has 1 aromatic carbocycles. The molecule has 0 saturated carbocycles. The number of aryl methyl sites for hydroxylation is 3. The van der Waals surface area contributed by atoms with Crippen molar-refractivity contribution in [2.75, 3.05) is 0 Å². The van der Waals surface area contributed by atoms with E-state index in [4.69, 9.17) is 0 Å². The molecule has 0 aliphatic rings. The third-order valence-corrected chi connectivity index (χ3v) is 6.20. The van der Waals surface area contributed by atoms with Gasteiger partial charge in [-0.15, -0.1) is 0 Å². The van der Waals surface area contributed by atoms with Gasteiger partial charge in [0.2, 0.25) is 0 Å². The summed E-state index contributed by atoms with van der Waals surface area (Å²) in [6, 6.07) is 5.10. The number of rotatable bonds is 3. The fourth-order valence-electron chi connectivity index (χ4n) is 2.33. The van der Waals surface area contributed by atoms with Gasteiger partial charge in [-0.05, 0) is 38.0 Å². The van der Waals surface area contributed by atoms with E-state index in [1.165, 1.54) is 0 Å². The molecule has 0 fully saturated rings. The Morgan fingerprint density at radius 2 is 2.00 bits per heavy atom. The summed E-state index contributed by atoms with van der Waals surface area (Å²) in [6.45, 7) is 5.26. The number of nitrogens with zero attached hydrogens (tertiary/aromatic N) is 2.